The highest BCUT2D eigenvalue weighted by molar-refractivity contribution is 5.70. The monoisotopic (exact) mass is 1130 g/mol. The molecule has 476 valence electrons. The first-order valence-corrected chi connectivity index (χ1v) is 37.2. The van der Waals surface area contributed by atoms with Crippen LogP contribution in [0.3, 0.4) is 0 Å². The van der Waals surface area contributed by atoms with Crippen LogP contribution in [0.25, 0.3) is 0 Å². The molecule has 0 radical (unpaired) electrons. The summed E-state index contributed by atoms with van der Waals surface area (Å²) in [5.74, 6) is -0.559. The van der Waals surface area contributed by atoms with Crippen LogP contribution in [0.2, 0.25) is 0 Å². The molecule has 5 heteroatoms. The van der Waals surface area contributed by atoms with Gasteiger partial charge in [-0.05, 0) is 38.5 Å². The van der Waals surface area contributed by atoms with Gasteiger partial charge in [0.1, 0.15) is 6.61 Å². The van der Waals surface area contributed by atoms with E-state index in [1.807, 2.05) is 0 Å². The highest BCUT2D eigenvalue weighted by Crippen LogP contribution is 2.20. The maximum absolute atomic E-state index is 12.4. The summed E-state index contributed by atoms with van der Waals surface area (Å²) in [5, 5.41) is 9.71. The Morgan fingerprint density at radius 1 is 0.275 bits per heavy atom. The van der Waals surface area contributed by atoms with Gasteiger partial charge < -0.3 is 14.6 Å². The van der Waals surface area contributed by atoms with E-state index in [2.05, 4.69) is 26.0 Å². The van der Waals surface area contributed by atoms with E-state index >= 15 is 0 Å². The number of hydrogen-bond acceptors (Lipinski definition) is 5. The smallest absolute Gasteiger partial charge is 0.306 e. The van der Waals surface area contributed by atoms with E-state index in [0.29, 0.717) is 12.8 Å². The number of carbonyl (C=O) groups is 2. The van der Waals surface area contributed by atoms with Gasteiger partial charge in [-0.1, -0.05) is 398 Å². The van der Waals surface area contributed by atoms with E-state index < -0.39 is 6.10 Å². The Labute approximate surface area is 502 Å². The molecule has 1 atom stereocenters. The third-order valence-electron chi connectivity index (χ3n) is 17.6. The highest BCUT2D eigenvalue weighted by atomic mass is 16.6. The van der Waals surface area contributed by atoms with Crippen molar-refractivity contribution in [2.45, 2.75) is 444 Å². The SMILES string of the molecule is CCCCCCCCCC/C=C\CCCCCCCCCCCCCCCCCCCCCCCCCCCC(=O)OC(CO)COC(=O)CCCCCCCCCCCCCCCCCCCCCCCCCCCCCCC. The molecule has 0 saturated heterocycles. The average molecular weight is 1130 g/mol. The molecule has 5 nitrogen and oxygen atoms in total. The molecule has 0 aromatic heterocycles. The van der Waals surface area contributed by atoms with Gasteiger partial charge in [-0.25, -0.2) is 0 Å². The Bertz CT molecular complexity index is 1180. The second-order valence-corrected chi connectivity index (χ2v) is 25.7. The molecule has 0 aromatic rings. The Balaban J connectivity index is 3.35. The molecule has 0 amide bonds. The highest BCUT2D eigenvalue weighted by Gasteiger charge is 2.16. The normalized spacial score (nSPS) is 12.1. The maximum atomic E-state index is 12.4. The minimum absolute atomic E-state index is 0.0561. The first kappa shape index (κ1) is 78.6. The molecule has 1 N–H and O–H groups in total. The van der Waals surface area contributed by atoms with Gasteiger partial charge in [0, 0.05) is 12.8 Å². The molecule has 0 aliphatic rings. The Morgan fingerprint density at radius 2 is 0.463 bits per heavy atom. The quantitative estimate of drug-likeness (QED) is 0.0373. The fraction of sp³-hybridized carbons (Fsp3) is 0.947. The van der Waals surface area contributed by atoms with Crippen LogP contribution in [0.4, 0.5) is 0 Å². The van der Waals surface area contributed by atoms with Crippen LogP contribution in [0, 0.1) is 0 Å². The van der Waals surface area contributed by atoms with Gasteiger partial charge in [0.2, 0.25) is 0 Å². The van der Waals surface area contributed by atoms with E-state index in [4.69, 9.17) is 9.47 Å². The zero-order chi connectivity index (χ0) is 57.6. The molecular weight excluding hydrogens is 981 g/mol. The van der Waals surface area contributed by atoms with Gasteiger partial charge >= 0.3 is 11.9 Å². The first-order chi connectivity index (χ1) is 39.6. The summed E-state index contributed by atoms with van der Waals surface area (Å²) < 4.78 is 10.8. The van der Waals surface area contributed by atoms with Crippen molar-refractivity contribution < 1.29 is 24.2 Å². The number of hydrogen-bond donors (Lipinski definition) is 1. The third-order valence-corrected chi connectivity index (χ3v) is 17.6. The predicted molar refractivity (Wildman–Crippen MR) is 353 cm³/mol. The molecule has 0 saturated carbocycles. The molecule has 0 bridgehead atoms. The van der Waals surface area contributed by atoms with Crippen LogP contribution in [-0.4, -0.2) is 36.4 Å². The van der Waals surface area contributed by atoms with E-state index in [0.717, 1.165) is 32.1 Å². The summed E-state index contributed by atoms with van der Waals surface area (Å²) >= 11 is 0. The zero-order valence-corrected chi connectivity index (χ0v) is 54.9. The summed E-state index contributed by atoms with van der Waals surface area (Å²) in [7, 11) is 0. The van der Waals surface area contributed by atoms with Crippen molar-refractivity contribution in [1.29, 1.82) is 0 Å². The van der Waals surface area contributed by atoms with Gasteiger partial charge in [0.25, 0.3) is 0 Å². The zero-order valence-electron chi connectivity index (χ0n) is 54.9. The molecule has 0 aliphatic heterocycles. The summed E-state index contributed by atoms with van der Waals surface area (Å²) in [4.78, 5) is 24.7. The van der Waals surface area contributed by atoms with Crippen molar-refractivity contribution in [3.63, 3.8) is 0 Å². The Hall–Kier alpha value is -1.36. The van der Waals surface area contributed by atoms with Gasteiger partial charge in [-0.15, -0.1) is 0 Å². The molecule has 1 unspecified atom stereocenters. The van der Waals surface area contributed by atoms with Gasteiger partial charge in [-0.2, -0.15) is 0 Å². The van der Waals surface area contributed by atoms with Crippen molar-refractivity contribution in [3.8, 4) is 0 Å². The van der Waals surface area contributed by atoms with E-state index in [9.17, 15) is 14.7 Å². The van der Waals surface area contributed by atoms with Crippen LogP contribution < -0.4 is 0 Å². The van der Waals surface area contributed by atoms with Gasteiger partial charge in [0.05, 0.1) is 6.61 Å². The summed E-state index contributed by atoms with van der Waals surface area (Å²) in [6.07, 6.45) is 92.8. The second kappa shape index (κ2) is 71.9. The third kappa shape index (κ3) is 69.1. The lowest BCUT2D eigenvalue weighted by molar-refractivity contribution is -0.161. The fourth-order valence-corrected chi connectivity index (χ4v) is 12.0. The number of aliphatic hydroxyl groups excluding tert-OH is 1. The van der Waals surface area contributed by atoms with E-state index in [-0.39, 0.29) is 25.2 Å². The van der Waals surface area contributed by atoms with Crippen molar-refractivity contribution >= 4 is 11.9 Å². The number of aliphatic hydroxyl groups is 1. The lowest BCUT2D eigenvalue weighted by Crippen LogP contribution is -2.28. The summed E-state index contributed by atoms with van der Waals surface area (Å²) in [6.45, 7) is 4.22. The van der Waals surface area contributed by atoms with Crippen molar-refractivity contribution in [2.24, 2.45) is 0 Å². The molecule has 0 aliphatic carbocycles. The van der Waals surface area contributed by atoms with Crippen molar-refractivity contribution in [1.82, 2.24) is 0 Å². The largest absolute Gasteiger partial charge is 0.462 e. The minimum atomic E-state index is -0.767. The van der Waals surface area contributed by atoms with Crippen molar-refractivity contribution in [2.75, 3.05) is 13.2 Å². The van der Waals surface area contributed by atoms with Crippen LogP contribution in [0.15, 0.2) is 12.2 Å². The summed E-state index contributed by atoms with van der Waals surface area (Å²) in [5.41, 5.74) is 0. The number of rotatable bonds is 71. The Morgan fingerprint density at radius 3 is 0.675 bits per heavy atom. The first-order valence-electron chi connectivity index (χ1n) is 37.2. The number of carbonyl (C=O) groups excluding carboxylic acids is 2. The lowest BCUT2D eigenvalue weighted by Gasteiger charge is -2.15. The fourth-order valence-electron chi connectivity index (χ4n) is 12.0. The van der Waals surface area contributed by atoms with Crippen molar-refractivity contribution in [3.05, 3.63) is 12.2 Å². The summed E-state index contributed by atoms with van der Waals surface area (Å²) in [6, 6.07) is 0. The van der Waals surface area contributed by atoms with Gasteiger partial charge in [0.15, 0.2) is 6.10 Å². The predicted octanol–water partition coefficient (Wildman–Crippen LogP) is 25.8. The molecule has 80 heavy (non-hydrogen) atoms. The van der Waals surface area contributed by atoms with Crippen LogP contribution in [-0.2, 0) is 19.1 Å². The number of ether oxygens (including phenoxy) is 2. The van der Waals surface area contributed by atoms with Crippen LogP contribution >= 0.6 is 0 Å². The molecule has 0 aromatic carbocycles. The molecule has 0 spiro atoms. The van der Waals surface area contributed by atoms with E-state index in [1.54, 1.807) is 0 Å². The number of unbranched alkanes of at least 4 members (excludes halogenated alkanes) is 61. The average Bonchev–Trinajstić information content (AvgIpc) is 3.46. The second-order valence-electron chi connectivity index (χ2n) is 25.7. The molecule has 0 heterocycles. The molecule has 0 fully saturated rings. The van der Waals surface area contributed by atoms with E-state index in [1.165, 1.54) is 379 Å². The van der Waals surface area contributed by atoms with Gasteiger partial charge in [-0.3, -0.25) is 9.59 Å². The molecule has 0 rings (SSSR count). The maximum Gasteiger partial charge on any atom is 0.306 e. The van der Waals surface area contributed by atoms with Crippen LogP contribution in [0.5, 0.6) is 0 Å². The standard InChI is InChI=1S/C75H146O5/c1-3-5-7-9-11-13-15-17-19-21-23-25-27-29-31-33-34-35-36-37-38-39-40-42-44-46-48-50-52-54-56-58-60-62-64-66-68-70-75(78)80-73(71-76)72-79-74(77)69-67-65-63-61-59-57-55-53-51-49-47-45-43-41-32-30-28-26-24-22-20-18-16-14-12-10-8-6-4-2/h21,23,73,76H,3-20,22,24-72H2,1-2H3/b23-21-. The minimum Gasteiger partial charge on any atom is -0.462 e. The topological polar surface area (TPSA) is 72.8 Å². The number of allylic oxidation sites excluding steroid dienone is 2. The molecular formula is C75H146O5. The van der Waals surface area contributed by atoms with Crippen LogP contribution in [0.1, 0.15) is 438 Å². The Kier molecular flexibility index (Phi) is 70.7. The lowest BCUT2D eigenvalue weighted by atomic mass is 10.0. The number of esters is 2.